The van der Waals surface area contributed by atoms with E-state index in [9.17, 15) is 0 Å². The van der Waals surface area contributed by atoms with Crippen molar-refractivity contribution >= 4 is 16.7 Å². The molecule has 56 heavy (non-hydrogen) atoms. The quantitative estimate of drug-likeness (QED) is 0.213. The van der Waals surface area contributed by atoms with Gasteiger partial charge in [-0.1, -0.05) is 169 Å². The monoisotopic (exact) mass is 741 g/mol. The van der Waals surface area contributed by atoms with Gasteiger partial charge in [-0.3, -0.25) is 0 Å². The van der Waals surface area contributed by atoms with Gasteiger partial charge in [-0.15, -0.1) is 0 Å². The molecular formula is C56H68. The van der Waals surface area contributed by atoms with Gasteiger partial charge in [-0.25, -0.2) is 0 Å². The van der Waals surface area contributed by atoms with E-state index in [-0.39, 0.29) is 5.41 Å². The first-order valence-electron chi connectivity index (χ1n) is 22.4. The molecule has 0 aromatic heterocycles. The first kappa shape index (κ1) is 38.9. The van der Waals surface area contributed by atoms with Crippen LogP contribution in [0.25, 0.3) is 16.7 Å². The Kier molecular flexibility index (Phi) is 11.5. The van der Waals surface area contributed by atoms with Gasteiger partial charge in [0.2, 0.25) is 0 Å². The van der Waals surface area contributed by atoms with E-state index in [1.165, 1.54) is 85.8 Å². The van der Waals surface area contributed by atoms with E-state index in [1.54, 1.807) is 33.4 Å². The van der Waals surface area contributed by atoms with Gasteiger partial charge in [-0.05, 0) is 167 Å². The molecule has 6 unspecified atom stereocenters. The molecule has 292 valence electrons. The number of benzene rings is 2. The molecule has 2 aromatic rings. The fraction of sp³-hybridized carbons (Fsp3) is 0.464. The predicted molar refractivity (Wildman–Crippen MR) is 242 cm³/mol. The Balaban J connectivity index is 1.12. The highest BCUT2D eigenvalue weighted by atomic mass is 14.4. The first-order chi connectivity index (χ1) is 27.0. The molecule has 0 nitrogen and oxygen atoms in total. The largest absolute Gasteiger partial charge is 0.0885 e. The molecule has 2 aromatic carbocycles. The number of allylic oxidation sites excluding steroid dienone is 16. The third-order valence-corrected chi connectivity index (χ3v) is 14.4. The summed E-state index contributed by atoms with van der Waals surface area (Å²) < 4.78 is 0. The van der Waals surface area contributed by atoms with Crippen LogP contribution in [0.3, 0.4) is 0 Å². The van der Waals surface area contributed by atoms with Crippen molar-refractivity contribution in [1.29, 1.82) is 0 Å². The summed E-state index contributed by atoms with van der Waals surface area (Å²) in [7, 11) is 0. The SMILES string of the molecule is CC(C)(C)C1=CCC(CC(CCC2=CC3=c4ccccc4=C(CC(C4=CCC(C(C)(C)C)C=C4)C4CC=CCC4)CC3c3ccccc32)C2=CCCC=C2)C=C1. The molecule has 6 aliphatic rings. The van der Waals surface area contributed by atoms with E-state index >= 15 is 0 Å². The molecular weight excluding hydrogens is 673 g/mol. The Morgan fingerprint density at radius 1 is 0.714 bits per heavy atom. The number of fused-ring (bicyclic) bond motifs is 4. The number of hydrogen-bond acceptors (Lipinski definition) is 0. The Morgan fingerprint density at radius 2 is 1.54 bits per heavy atom. The summed E-state index contributed by atoms with van der Waals surface area (Å²) in [6.45, 7) is 14.2. The minimum Gasteiger partial charge on any atom is -0.0885 e. The van der Waals surface area contributed by atoms with Crippen molar-refractivity contribution in [3.8, 4) is 0 Å². The molecule has 0 spiro atoms. The molecule has 0 N–H and O–H groups in total. The summed E-state index contributed by atoms with van der Waals surface area (Å²) in [6, 6.07) is 19.0. The van der Waals surface area contributed by atoms with E-state index in [0.717, 1.165) is 12.8 Å². The van der Waals surface area contributed by atoms with Crippen LogP contribution >= 0.6 is 0 Å². The van der Waals surface area contributed by atoms with Crippen molar-refractivity contribution in [2.45, 2.75) is 125 Å². The molecule has 0 heteroatoms. The van der Waals surface area contributed by atoms with Crippen LogP contribution in [-0.4, -0.2) is 0 Å². The number of rotatable bonds is 10. The second kappa shape index (κ2) is 16.5. The Bertz CT molecular complexity index is 2150. The highest BCUT2D eigenvalue weighted by molar-refractivity contribution is 5.87. The molecule has 0 fully saturated rings. The van der Waals surface area contributed by atoms with Gasteiger partial charge in [0.1, 0.15) is 0 Å². The van der Waals surface area contributed by atoms with Crippen LogP contribution in [0.4, 0.5) is 0 Å². The zero-order valence-electron chi connectivity index (χ0n) is 35.5. The van der Waals surface area contributed by atoms with E-state index in [0.29, 0.717) is 40.9 Å². The van der Waals surface area contributed by atoms with Gasteiger partial charge < -0.3 is 0 Å². The summed E-state index contributed by atoms with van der Waals surface area (Å²) in [5, 5.41) is 3.00. The zero-order valence-corrected chi connectivity index (χ0v) is 35.5. The van der Waals surface area contributed by atoms with Crippen LogP contribution in [0.2, 0.25) is 0 Å². The normalized spacial score (nSPS) is 25.7. The third-order valence-electron chi connectivity index (χ3n) is 14.4. The second-order valence-corrected chi connectivity index (χ2v) is 20.2. The van der Waals surface area contributed by atoms with Gasteiger partial charge in [-0.2, -0.15) is 0 Å². The average Bonchev–Trinajstić information content (AvgIpc) is 3.21. The molecule has 0 heterocycles. The average molecular weight is 741 g/mol. The molecule has 0 aliphatic heterocycles. The molecule has 6 aliphatic carbocycles. The first-order valence-corrected chi connectivity index (χ1v) is 22.4. The maximum atomic E-state index is 2.66. The summed E-state index contributed by atoms with van der Waals surface area (Å²) in [5.74, 6) is 3.51. The van der Waals surface area contributed by atoms with Gasteiger partial charge in [0.15, 0.2) is 0 Å². The van der Waals surface area contributed by atoms with Crippen LogP contribution in [0, 0.1) is 40.4 Å². The molecule has 0 saturated heterocycles. The molecule has 0 radical (unpaired) electrons. The van der Waals surface area contributed by atoms with Gasteiger partial charge in [0.25, 0.3) is 0 Å². The van der Waals surface area contributed by atoms with E-state index in [4.69, 9.17) is 0 Å². The van der Waals surface area contributed by atoms with Crippen molar-refractivity contribution < 1.29 is 0 Å². The number of hydrogen-bond donors (Lipinski definition) is 0. The van der Waals surface area contributed by atoms with Crippen LogP contribution in [0.15, 0.2) is 138 Å². The minimum absolute atomic E-state index is 0.219. The Labute approximate surface area is 340 Å². The van der Waals surface area contributed by atoms with Crippen molar-refractivity contribution in [1.82, 2.24) is 0 Å². The molecule has 8 rings (SSSR count). The molecule has 0 amide bonds. The maximum absolute atomic E-state index is 2.66. The van der Waals surface area contributed by atoms with E-state index in [2.05, 4.69) is 163 Å². The zero-order chi connectivity index (χ0) is 38.9. The van der Waals surface area contributed by atoms with Gasteiger partial charge in [0, 0.05) is 5.92 Å². The summed E-state index contributed by atoms with van der Waals surface area (Å²) >= 11 is 0. The highest BCUT2D eigenvalue weighted by Gasteiger charge is 2.34. The van der Waals surface area contributed by atoms with Crippen LogP contribution < -0.4 is 10.4 Å². The second-order valence-electron chi connectivity index (χ2n) is 20.2. The highest BCUT2D eigenvalue weighted by Crippen LogP contribution is 2.48. The topological polar surface area (TPSA) is 0 Å². The summed E-state index contributed by atoms with van der Waals surface area (Å²) in [5.41, 5.74) is 13.0. The van der Waals surface area contributed by atoms with Gasteiger partial charge >= 0.3 is 0 Å². The molecule has 0 saturated carbocycles. The third kappa shape index (κ3) is 8.51. The van der Waals surface area contributed by atoms with Crippen molar-refractivity contribution in [3.05, 3.63) is 160 Å². The Hall–Kier alpha value is -3.90. The minimum atomic E-state index is 0.219. The fourth-order valence-corrected chi connectivity index (χ4v) is 10.9. The predicted octanol–water partition coefficient (Wildman–Crippen LogP) is 14.1. The maximum Gasteiger partial charge on any atom is 0.0139 e. The smallest absolute Gasteiger partial charge is 0.0139 e. The lowest BCUT2D eigenvalue weighted by Gasteiger charge is -2.36. The van der Waals surface area contributed by atoms with Gasteiger partial charge in [0.05, 0.1) is 0 Å². The van der Waals surface area contributed by atoms with Crippen molar-refractivity contribution in [2.75, 3.05) is 0 Å². The van der Waals surface area contributed by atoms with Crippen LogP contribution in [0.5, 0.6) is 0 Å². The molecule has 0 bridgehead atoms. The standard InChI is InChI=1S/C56H68/c1-55(2,3)46-31-25-39(26-32-46)35-43(40-17-9-7-10-18-40)27-28-44-36-53-51-24-16-14-22-49(51)45(38-54(53)50-23-15-13-21-48(44)50)37-52(41-19-11-8-12-20-41)42-29-33-47(34-30-42)56(4,5)6/h8-9,11,13-18,21-25,29-33,36,39,41,43,47,52,54H,7,10,12,19-20,26-28,34-35,37-38H2,1-6H3. The lowest BCUT2D eigenvalue weighted by molar-refractivity contribution is 0.289. The van der Waals surface area contributed by atoms with E-state index < -0.39 is 0 Å². The fourth-order valence-electron chi connectivity index (χ4n) is 10.9. The summed E-state index contributed by atoms with van der Waals surface area (Å²) in [6.07, 6.45) is 44.5. The van der Waals surface area contributed by atoms with Crippen LogP contribution in [-0.2, 0) is 0 Å². The lowest BCUT2D eigenvalue weighted by atomic mass is 9.68. The molecule has 6 atom stereocenters. The van der Waals surface area contributed by atoms with Crippen molar-refractivity contribution in [2.24, 2.45) is 40.4 Å². The van der Waals surface area contributed by atoms with Crippen molar-refractivity contribution in [3.63, 3.8) is 0 Å². The van der Waals surface area contributed by atoms with Crippen LogP contribution in [0.1, 0.15) is 136 Å². The lowest BCUT2D eigenvalue weighted by Crippen LogP contribution is -2.36. The summed E-state index contributed by atoms with van der Waals surface area (Å²) in [4.78, 5) is 0. The van der Waals surface area contributed by atoms with E-state index in [1.807, 2.05) is 0 Å². The Morgan fingerprint density at radius 3 is 2.23 bits per heavy atom.